The fourth-order valence-electron chi connectivity index (χ4n) is 3.81. The van der Waals surface area contributed by atoms with Gasteiger partial charge < -0.3 is 15.0 Å². The Kier molecular flexibility index (Phi) is 6.88. The van der Waals surface area contributed by atoms with Crippen LogP contribution in [0.2, 0.25) is 0 Å². The molecule has 5 heteroatoms. The summed E-state index contributed by atoms with van der Waals surface area (Å²) in [6.45, 7) is 2.87. The number of carbonyl (C=O) groups is 1. The maximum atomic E-state index is 12.7. The third-order valence-electron chi connectivity index (χ3n) is 5.08. The topological polar surface area (TPSA) is 41.6 Å². The van der Waals surface area contributed by atoms with Gasteiger partial charge in [-0.3, -0.25) is 4.79 Å². The fourth-order valence-corrected chi connectivity index (χ4v) is 3.81. The number of amides is 1. The van der Waals surface area contributed by atoms with Gasteiger partial charge in [0.15, 0.2) is 6.10 Å². The summed E-state index contributed by atoms with van der Waals surface area (Å²) in [7, 11) is 1.62. The van der Waals surface area contributed by atoms with Crippen LogP contribution in [0.25, 0.3) is 0 Å². The number of ether oxygens (including phenoxy) is 1. The number of benzene rings is 1. The summed E-state index contributed by atoms with van der Waals surface area (Å²) in [6, 6.07) is 10.5. The van der Waals surface area contributed by atoms with Crippen LogP contribution in [0.5, 0.6) is 0 Å². The molecule has 128 valence electrons. The van der Waals surface area contributed by atoms with Crippen molar-refractivity contribution in [2.24, 2.45) is 5.92 Å². The first kappa shape index (κ1) is 18.2. The van der Waals surface area contributed by atoms with E-state index in [9.17, 15) is 4.79 Å². The Balaban J connectivity index is 0.00000192. The van der Waals surface area contributed by atoms with Crippen LogP contribution >= 0.6 is 12.4 Å². The number of hydrogen-bond acceptors (Lipinski definition) is 3. The quantitative estimate of drug-likeness (QED) is 0.917. The molecule has 1 amide bonds. The summed E-state index contributed by atoms with van der Waals surface area (Å²) in [5, 5.41) is 3.60. The van der Waals surface area contributed by atoms with Crippen molar-refractivity contribution in [3.8, 4) is 0 Å². The highest BCUT2D eigenvalue weighted by Crippen LogP contribution is 2.28. The third-order valence-corrected chi connectivity index (χ3v) is 5.08. The van der Waals surface area contributed by atoms with Crippen molar-refractivity contribution < 1.29 is 9.53 Å². The number of nitrogens with zero attached hydrogens (tertiary/aromatic N) is 1. The van der Waals surface area contributed by atoms with Crippen molar-refractivity contribution in [2.75, 3.05) is 26.7 Å². The van der Waals surface area contributed by atoms with Crippen molar-refractivity contribution in [1.82, 2.24) is 10.2 Å². The summed E-state index contributed by atoms with van der Waals surface area (Å²) < 4.78 is 5.47. The Hall–Kier alpha value is -1.10. The lowest BCUT2D eigenvalue weighted by Crippen LogP contribution is -2.45. The van der Waals surface area contributed by atoms with Crippen LogP contribution in [0.15, 0.2) is 30.3 Å². The van der Waals surface area contributed by atoms with Crippen molar-refractivity contribution in [2.45, 2.75) is 37.8 Å². The van der Waals surface area contributed by atoms with Crippen LogP contribution in [-0.2, 0) is 9.53 Å². The summed E-state index contributed by atoms with van der Waals surface area (Å²) in [4.78, 5) is 14.7. The predicted octanol–water partition coefficient (Wildman–Crippen LogP) is 2.79. The standard InChI is InChI=1S/C18H26N2O2.ClH/c1-22-17(15-6-3-2-4-7-15)18(21)20-12-9-14(10-13-20)16-8-5-11-19-16;/h2-4,6-7,14,16-17,19H,5,8-13H2,1H3;1H. The zero-order valence-corrected chi connectivity index (χ0v) is 14.6. The molecule has 3 rings (SSSR count). The predicted molar refractivity (Wildman–Crippen MR) is 93.8 cm³/mol. The van der Waals surface area contributed by atoms with E-state index in [1.807, 2.05) is 35.2 Å². The van der Waals surface area contributed by atoms with Crippen molar-refractivity contribution in [3.05, 3.63) is 35.9 Å². The molecule has 0 radical (unpaired) electrons. The van der Waals surface area contributed by atoms with Crippen LogP contribution in [-0.4, -0.2) is 43.6 Å². The SMILES string of the molecule is COC(C(=O)N1CCC(C2CCCN2)CC1)c1ccccc1.Cl. The van der Waals surface area contributed by atoms with Crippen LogP contribution in [0.3, 0.4) is 0 Å². The molecule has 2 aliphatic rings. The van der Waals surface area contributed by atoms with Gasteiger partial charge in [0.1, 0.15) is 0 Å². The molecule has 2 atom stereocenters. The van der Waals surface area contributed by atoms with Gasteiger partial charge in [-0.05, 0) is 43.7 Å². The van der Waals surface area contributed by atoms with E-state index in [2.05, 4.69) is 5.32 Å². The molecule has 0 aliphatic carbocycles. The maximum absolute atomic E-state index is 12.7. The summed E-state index contributed by atoms with van der Waals surface area (Å²) in [5.41, 5.74) is 0.939. The zero-order chi connectivity index (χ0) is 15.4. The molecule has 4 nitrogen and oxygen atoms in total. The van der Waals surface area contributed by atoms with E-state index < -0.39 is 6.10 Å². The maximum Gasteiger partial charge on any atom is 0.256 e. The van der Waals surface area contributed by atoms with E-state index in [1.54, 1.807) is 7.11 Å². The van der Waals surface area contributed by atoms with Gasteiger partial charge in [-0.2, -0.15) is 0 Å². The molecular formula is C18H27ClN2O2. The lowest BCUT2D eigenvalue weighted by Gasteiger charge is -2.36. The first-order valence-corrected chi connectivity index (χ1v) is 8.39. The van der Waals surface area contributed by atoms with Gasteiger partial charge in [0.2, 0.25) is 0 Å². The van der Waals surface area contributed by atoms with Crippen LogP contribution in [0, 0.1) is 5.92 Å². The smallest absolute Gasteiger partial charge is 0.256 e. The van der Waals surface area contributed by atoms with Gasteiger partial charge in [0.05, 0.1) is 0 Å². The third kappa shape index (κ3) is 4.25. The average molecular weight is 339 g/mol. The molecule has 1 aromatic carbocycles. The Morgan fingerprint density at radius 3 is 2.48 bits per heavy atom. The number of nitrogens with one attached hydrogen (secondary N) is 1. The second kappa shape index (κ2) is 8.67. The van der Waals surface area contributed by atoms with Gasteiger partial charge in [0, 0.05) is 26.2 Å². The Morgan fingerprint density at radius 2 is 1.91 bits per heavy atom. The number of halogens is 1. The zero-order valence-electron chi connectivity index (χ0n) is 13.7. The largest absolute Gasteiger partial charge is 0.367 e. The number of hydrogen-bond donors (Lipinski definition) is 1. The lowest BCUT2D eigenvalue weighted by molar-refractivity contribution is -0.144. The first-order chi connectivity index (χ1) is 10.8. The monoisotopic (exact) mass is 338 g/mol. The normalized spacial score (nSPS) is 23.3. The number of methoxy groups -OCH3 is 1. The highest BCUT2D eigenvalue weighted by atomic mass is 35.5. The Labute approximate surface area is 145 Å². The molecule has 23 heavy (non-hydrogen) atoms. The lowest BCUT2D eigenvalue weighted by atomic mass is 9.88. The molecule has 1 N–H and O–H groups in total. The molecule has 0 spiro atoms. The molecule has 2 heterocycles. The van der Waals surface area contributed by atoms with E-state index in [-0.39, 0.29) is 18.3 Å². The minimum absolute atomic E-state index is 0. The van der Waals surface area contributed by atoms with Crippen molar-refractivity contribution in [1.29, 1.82) is 0 Å². The van der Waals surface area contributed by atoms with Crippen LogP contribution in [0.4, 0.5) is 0 Å². The van der Waals surface area contributed by atoms with Gasteiger partial charge in [-0.25, -0.2) is 0 Å². The molecule has 2 unspecified atom stereocenters. The highest BCUT2D eigenvalue weighted by molar-refractivity contribution is 5.85. The molecular weight excluding hydrogens is 312 g/mol. The summed E-state index contributed by atoms with van der Waals surface area (Å²) in [5.74, 6) is 0.829. The molecule has 2 aliphatic heterocycles. The average Bonchev–Trinajstić information content (AvgIpc) is 3.11. The first-order valence-electron chi connectivity index (χ1n) is 8.39. The van der Waals surface area contributed by atoms with E-state index in [1.165, 1.54) is 12.8 Å². The molecule has 0 saturated carbocycles. The minimum Gasteiger partial charge on any atom is -0.367 e. The summed E-state index contributed by atoms with van der Waals surface area (Å²) >= 11 is 0. The van der Waals surface area contributed by atoms with Crippen LogP contribution in [0.1, 0.15) is 37.4 Å². The van der Waals surface area contributed by atoms with E-state index in [0.717, 1.165) is 44.0 Å². The summed E-state index contributed by atoms with van der Waals surface area (Å²) in [6.07, 6.45) is 4.33. The number of piperidine rings is 1. The second-order valence-electron chi connectivity index (χ2n) is 6.39. The second-order valence-corrected chi connectivity index (χ2v) is 6.39. The fraction of sp³-hybridized carbons (Fsp3) is 0.611. The highest BCUT2D eigenvalue weighted by Gasteiger charge is 2.32. The molecule has 0 aromatic heterocycles. The molecule has 0 bridgehead atoms. The van der Waals surface area contributed by atoms with Gasteiger partial charge >= 0.3 is 0 Å². The molecule has 1 aromatic rings. The van der Waals surface area contributed by atoms with Crippen molar-refractivity contribution >= 4 is 18.3 Å². The van der Waals surface area contributed by atoms with E-state index in [4.69, 9.17) is 4.74 Å². The molecule has 2 saturated heterocycles. The van der Waals surface area contributed by atoms with Crippen LogP contribution < -0.4 is 5.32 Å². The van der Waals surface area contributed by atoms with E-state index in [0.29, 0.717) is 6.04 Å². The molecule has 2 fully saturated rings. The number of carbonyl (C=O) groups excluding carboxylic acids is 1. The van der Waals surface area contributed by atoms with Crippen molar-refractivity contribution in [3.63, 3.8) is 0 Å². The minimum atomic E-state index is -0.470. The Morgan fingerprint density at radius 1 is 1.22 bits per heavy atom. The Bertz CT molecular complexity index is 483. The number of likely N-dealkylation sites (tertiary alicyclic amines) is 1. The van der Waals surface area contributed by atoms with Gasteiger partial charge in [-0.1, -0.05) is 30.3 Å². The van der Waals surface area contributed by atoms with E-state index >= 15 is 0 Å². The van der Waals surface area contributed by atoms with Gasteiger partial charge in [0.25, 0.3) is 5.91 Å². The number of rotatable bonds is 4. The van der Waals surface area contributed by atoms with Gasteiger partial charge in [-0.15, -0.1) is 12.4 Å².